The van der Waals surface area contributed by atoms with Crippen molar-refractivity contribution in [2.45, 2.75) is 26.1 Å². The number of alkyl halides is 3. The molecule has 2 aromatic carbocycles. The van der Waals surface area contributed by atoms with E-state index in [0.717, 1.165) is 11.1 Å². The van der Waals surface area contributed by atoms with Crippen LogP contribution in [0.4, 0.5) is 13.2 Å². The Hall–Kier alpha value is -3.26. The zero-order valence-corrected chi connectivity index (χ0v) is 16.3. The van der Waals surface area contributed by atoms with E-state index in [1.54, 1.807) is 37.7 Å². The molecule has 158 valence electrons. The summed E-state index contributed by atoms with van der Waals surface area (Å²) < 4.78 is 52.9. The van der Waals surface area contributed by atoms with Crippen molar-refractivity contribution < 1.29 is 27.4 Å². The molecule has 0 saturated carbocycles. The standard InChI is InChI=1S/C22H21F3N2O3/c1-28-21-12-17(6-7-20(21)29-15-16-8-10-26-11-9-16)13-27-14-18-4-2-3-5-19(18)30-22(23,24)25/h2-12,27H,13-15H2,1H3. The first-order valence-electron chi connectivity index (χ1n) is 9.17. The van der Waals surface area contributed by atoms with Crippen molar-refractivity contribution in [1.29, 1.82) is 0 Å². The number of benzene rings is 2. The van der Waals surface area contributed by atoms with Gasteiger partial charge in [-0.1, -0.05) is 24.3 Å². The van der Waals surface area contributed by atoms with E-state index < -0.39 is 6.36 Å². The number of para-hydroxylation sites is 1. The zero-order valence-electron chi connectivity index (χ0n) is 16.3. The van der Waals surface area contributed by atoms with Crippen molar-refractivity contribution in [2.24, 2.45) is 0 Å². The van der Waals surface area contributed by atoms with Gasteiger partial charge in [0.25, 0.3) is 0 Å². The molecule has 0 saturated heterocycles. The molecule has 0 bridgehead atoms. The van der Waals surface area contributed by atoms with Gasteiger partial charge in [0.1, 0.15) is 12.4 Å². The first-order valence-corrected chi connectivity index (χ1v) is 9.17. The number of hydrogen-bond donors (Lipinski definition) is 1. The maximum atomic E-state index is 12.5. The molecule has 0 unspecified atom stereocenters. The Morgan fingerprint density at radius 2 is 1.63 bits per heavy atom. The number of methoxy groups -OCH3 is 1. The van der Waals surface area contributed by atoms with Crippen LogP contribution in [-0.2, 0) is 19.7 Å². The topological polar surface area (TPSA) is 52.6 Å². The van der Waals surface area contributed by atoms with Crippen molar-refractivity contribution in [3.63, 3.8) is 0 Å². The first kappa shape index (κ1) is 21.4. The number of halogens is 3. The fourth-order valence-corrected chi connectivity index (χ4v) is 2.80. The third-order valence-electron chi connectivity index (χ3n) is 4.21. The molecule has 0 atom stereocenters. The van der Waals surface area contributed by atoms with Crippen molar-refractivity contribution in [3.8, 4) is 17.2 Å². The third-order valence-corrected chi connectivity index (χ3v) is 4.21. The molecule has 1 N–H and O–H groups in total. The average molecular weight is 418 g/mol. The normalized spacial score (nSPS) is 11.2. The number of ether oxygens (including phenoxy) is 3. The Kier molecular flexibility index (Phi) is 7.13. The van der Waals surface area contributed by atoms with E-state index >= 15 is 0 Å². The Balaban J connectivity index is 1.59. The molecule has 3 rings (SSSR count). The van der Waals surface area contributed by atoms with Crippen LogP contribution in [0.2, 0.25) is 0 Å². The Bertz CT molecular complexity index is 950. The van der Waals surface area contributed by atoms with Gasteiger partial charge in [0.15, 0.2) is 11.5 Å². The maximum Gasteiger partial charge on any atom is 0.573 e. The molecule has 0 spiro atoms. The molecular formula is C22H21F3N2O3. The van der Waals surface area contributed by atoms with Gasteiger partial charge in [-0.05, 0) is 41.5 Å². The minimum absolute atomic E-state index is 0.213. The van der Waals surface area contributed by atoms with Crippen molar-refractivity contribution in [3.05, 3.63) is 83.7 Å². The van der Waals surface area contributed by atoms with E-state index in [2.05, 4.69) is 15.0 Å². The highest BCUT2D eigenvalue weighted by atomic mass is 19.4. The molecule has 0 aliphatic carbocycles. The van der Waals surface area contributed by atoms with Gasteiger partial charge in [-0.15, -0.1) is 13.2 Å². The van der Waals surface area contributed by atoms with Gasteiger partial charge in [0, 0.05) is 31.0 Å². The molecule has 0 fully saturated rings. The molecule has 1 aromatic heterocycles. The van der Waals surface area contributed by atoms with Crippen molar-refractivity contribution in [2.75, 3.05) is 7.11 Å². The Morgan fingerprint density at radius 1 is 0.867 bits per heavy atom. The van der Waals surface area contributed by atoms with Gasteiger partial charge in [-0.3, -0.25) is 4.98 Å². The van der Waals surface area contributed by atoms with Crippen LogP contribution in [0, 0.1) is 0 Å². The monoisotopic (exact) mass is 418 g/mol. The summed E-state index contributed by atoms with van der Waals surface area (Å²) in [5.41, 5.74) is 2.30. The predicted octanol–water partition coefficient (Wildman–Crippen LogP) is 4.86. The van der Waals surface area contributed by atoms with Gasteiger partial charge in [0.05, 0.1) is 7.11 Å². The van der Waals surface area contributed by atoms with Gasteiger partial charge in [-0.2, -0.15) is 0 Å². The molecule has 8 heteroatoms. The highest BCUT2D eigenvalue weighted by molar-refractivity contribution is 5.43. The number of nitrogens with zero attached hydrogens (tertiary/aromatic N) is 1. The van der Waals surface area contributed by atoms with Crippen molar-refractivity contribution in [1.82, 2.24) is 10.3 Å². The van der Waals surface area contributed by atoms with E-state index in [1.807, 2.05) is 24.3 Å². The lowest BCUT2D eigenvalue weighted by Gasteiger charge is -2.14. The van der Waals surface area contributed by atoms with Gasteiger partial charge >= 0.3 is 6.36 Å². The van der Waals surface area contributed by atoms with Crippen LogP contribution in [0.5, 0.6) is 17.2 Å². The second-order valence-corrected chi connectivity index (χ2v) is 6.39. The summed E-state index contributed by atoms with van der Waals surface area (Å²) in [4.78, 5) is 3.97. The van der Waals surface area contributed by atoms with Gasteiger partial charge in [-0.25, -0.2) is 0 Å². The summed E-state index contributed by atoms with van der Waals surface area (Å²) in [5, 5.41) is 3.12. The minimum Gasteiger partial charge on any atom is -0.493 e. The number of hydrogen-bond acceptors (Lipinski definition) is 5. The fraction of sp³-hybridized carbons (Fsp3) is 0.227. The second kappa shape index (κ2) is 9.98. The molecule has 1 heterocycles. The van der Waals surface area contributed by atoms with E-state index in [1.165, 1.54) is 12.1 Å². The molecule has 3 aromatic rings. The fourth-order valence-electron chi connectivity index (χ4n) is 2.80. The lowest BCUT2D eigenvalue weighted by atomic mass is 10.1. The zero-order chi connectivity index (χ0) is 21.4. The number of aromatic nitrogens is 1. The van der Waals surface area contributed by atoms with E-state index in [9.17, 15) is 13.2 Å². The lowest BCUT2D eigenvalue weighted by Crippen LogP contribution is -2.20. The Labute approximate surface area is 172 Å². The van der Waals surface area contributed by atoms with Crippen LogP contribution in [0.3, 0.4) is 0 Å². The molecule has 5 nitrogen and oxygen atoms in total. The SMILES string of the molecule is COc1cc(CNCc2ccccc2OC(F)(F)F)ccc1OCc1ccncc1. The van der Waals surface area contributed by atoms with Crippen LogP contribution in [-0.4, -0.2) is 18.5 Å². The number of rotatable bonds is 9. The van der Waals surface area contributed by atoms with Crippen LogP contribution < -0.4 is 19.5 Å². The van der Waals surface area contributed by atoms with E-state index in [4.69, 9.17) is 9.47 Å². The molecule has 0 aliphatic heterocycles. The first-order chi connectivity index (χ1) is 14.4. The summed E-state index contributed by atoms with van der Waals surface area (Å²) >= 11 is 0. The summed E-state index contributed by atoms with van der Waals surface area (Å²) in [6, 6.07) is 15.3. The van der Waals surface area contributed by atoms with Gasteiger partial charge in [0.2, 0.25) is 0 Å². The molecule has 0 radical (unpaired) electrons. The van der Waals surface area contributed by atoms with Crippen LogP contribution in [0.15, 0.2) is 67.0 Å². The summed E-state index contributed by atoms with van der Waals surface area (Å²) in [7, 11) is 1.55. The van der Waals surface area contributed by atoms with Crippen LogP contribution in [0.1, 0.15) is 16.7 Å². The van der Waals surface area contributed by atoms with E-state index in [0.29, 0.717) is 30.2 Å². The van der Waals surface area contributed by atoms with Gasteiger partial charge < -0.3 is 19.5 Å². The predicted molar refractivity (Wildman–Crippen MR) is 105 cm³/mol. The minimum atomic E-state index is -4.73. The molecule has 0 aliphatic rings. The Morgan fingerprint density at radius 3 is 2.37 bits per heavy atom. The number of nitrogens with one attached hydrogen (secondary N) is 1. The molecule has 30 heavy (non-hydrogen) atoms. The largest absolute Gasteiger partial charge is 0.573 e. The summed E-state index contributed by atoms with van der Waals surface area (Å²) in [6.45, 7) is 1.03. The average Bonchev–Trinajstić information content (AvgIpc) is 2.73. The second-order valence-electron chi connectivity index (χ2n) is 6.39. The quantitative estimate of drug-likeness (QED) is 0.538. The van der Waals surface area contributed by atoms with Crippen LogP contribution >= 0.6 is 0 Å². The van der Waals surface area contributed by atoms with Crippen molar-refractivity contribution >= 4 is 0 Å². The van der Waals surface area contributed by atoms with E-state index in [-0.39, 0.29) is 12.3 Å². The van der Waals surface area contributed by atoms with Crippen LogP contribution in [0.25, 0.3) is 0 Å². The maximum absolute atomic E-state index is 12.5. The highest BCUT2D eigenvalue weighted by Crippen LogP contribution is 2.29. The summed E-state index contributed by atoms with van der Waals surface area (Å²) in [6.07, 6.45) is -1.33. The number of pyridine rings is 1. The molecule has 0 amide bonds. The smallest absolute Gasteiger partial charge is 0.493 e. The lowest BCUT2D eigenvalue weighted by molar-refractivity contribution is -0.274. The summed E-state index contributed by atoms with van der Waals surface area (Å²) in [5.74, 6) is 0.959. The highest BCUT2D eigenvalue weighted by Gasteiger charge is 2.31. The third kappa shape index (κ3) is 6.38. The molecular weight excluding hydrogens is 397 g/mol.